The lowest BCUT2D eigenvalue weighted by atomic mass is 10.1. The highest BCUT2D eigenvalue weighted by Gasteiger charge is 2.13. The van der Waals surface area contributed by atoms with Gasteiger partial charge in [0, 0.05) is 5.56 Å². The summed E-state index contributed by atoms with van der Waals surface area (Å²) in [6.45, 7) is 6.16. The van der Waals surface area contributed by atoms with Crippen LogP contribution < -0.4 is 15.4 Å². The van der Waals surface area contributed by atoms with Gasteiger partial charge in [0.2, 0.25) is 0 Å². The molecule has 0 aromatic heterocycles. The molecule has 26 heavy (non-hydrogen) atoms. The predicted octanol–water partition coefficient (Wildman–Crippen LogP) is 4.62. The Morgan fingerprint density at radius 2 is 1.69 bits per heavy atom. The van der Waals surface area contributed by atoms with Crippen LogP contribution in [0, 0.1) is 0 Å². The number of ether oxygens (including phenoxy) is 1. The van der Waals surface area contributed by atoms with Crippen molar-refractivity contribution in [3.8, 4) is 5.75 Å². The van der Waals surface area contributed by atoms with E-state index in [0.717, 1.165) is 24.2 Å². The number of rotatable bonds is 7. The van der Waals surface area contributed by atoms with Gasteiger partial charge < -0.3 is 10.1 Å². The molecule has 138 valence electrons. The molecule has 0 saturated carbocycles. The first-order chi connectivity index (χ1) is 12.5. The van der Waals surface area contributed by atoms with Gasteiger partial charge in [0.1, 0.15) is 5.75 Å². The van der Waals surface area contributed by atoms with Crippen molar-refractivity contribution < 1.29 is 9.53 Å². The summed E-state index contributed by atoms with van der Waals surface area (Å²) in [5, 5.41) is 6.27. The number of thiocarbonyl (C=S) groups is 1. The number of hydrogen-bond acceptors (Lipinski definition) is 3. The molecule has 2 rings (SSSR count). The minimum atomic E-state index is -0.236. The molecule has 2 aromatic rings. The van der Waals surface area contributed by atoms with E-state index in [1.165, 1.54) is 0 Å². The molecule has 0 radical (unpaired) electrons. The van der Waals surface area contributed by atoms with E-state index >= 15 is 0 Å². The van der Waals surface area contributed by atoms with Crippen LogP contribution in [0.5, 0.6) is 5.75 Å². The summed E-state index contributed by atoms with van der Waals surface area (Å²) in [5.41, 5.74) is 1.68. The normalized spacial score (nSPS) is 12.7. The van der Waals surface area contributed by atoms with Crippen molar-refractivity contribution in [1.82, 2.24) is 10.6 Å². The monoisotopic (exact) mass is 370 g/mol. The van der Waals surface area contributed by atoms with Crippen molar-refractivity contribution in [2.24, 2.45) is 0 Å². The van der Waals surface area contributed by atoms with Crippen LogP contribution in [0.2, 0.25) is 0 Å². The molecule has 0 spiro atoms. The van der Waals surface area contributed by atoms with Crippen molar-refractivity contribution in [3.63, 3.8) is 0 Å². The Morgan fingerprint density at radius 3 is 2.27 bits per heavy atom. The Bertz CT molecular complexity index is 717. The third kappa shape index (κ3) is 5.85. The highest BCUT2D eigenvalue weighted by atomic mass is 32.1. The van der Waals surface area contributed by atoms with Gasteiger partial charge in [0.25, 0.3) is 5.91 Å². The molecular weight excluding hydrogens is 344 g/mol. The van der Waals surface area contributed by atoms with Crippen molar-refractivity contribution in [2.75, 3.05) is 0 Å². The maximum atomic E-state index is 12.4. The summed E-state index contributed by atoms with van der Waals surface area (Å²) < 4.78 is 5.73. The third-order valence-electron chi connectivity index (χ3n) is 4.17. The first kappa shape index (κ1) is 19.9. The van der Waals surface area contributed by atoms with E-state index in [1.54, 1.807) is 24.3 Å². The Labute approximate surface area is 161 Å². The maximum Gasteiger partial charge on any atom is 0.257 e. The lowest BCUT2D eigenvalue weighted by Crippen LogP contribution is -2.40. The summed E-state index contributed by atoms with van der Waals surface area (Å²) >= 11 is 5.30. The molecule has 2 unspecified atom stereocenters. The second-order valence-electron chi connectivity index (χ2n) is 6.16. The SMILES string of the molecule is CCC(C)Oc1ccc(C(=O)NC(=S)NC(CC)c2ccccc2)cc1. The van der Waals surface area contributed by atoms with E-state index in [9.17, 15) is 4.79 Å². The van der Waals surface area contributed by atoms with E-state index in [1.807, 2.05) is 37.3 Å². The molecule has 0 aliphatic rings. The minimum absolute atomic E-state index is 0.0651. The van der Waals surface area contributed by atoms with Gasteiger partial charge in [-0.2, -0.15) is 0 Å². The second-order valence-corrected chi connectivity index (χ2v) is 6.57. The molecule has 0 heterocycles. The van der Waals surface area contributed by atoms with Gasteiger partial charge in [-0.25, -0.2) is 0 Å². The summed E-state index contributed by atoms with van der Waals surface area (Å²) in [5.74, 6) is 0.521. The molecule has 5 heteroatoms. The van der Waals surface area contributed by atoms with Crippen molar-refractivity contribution in [1.29, 1.82) is 0 Å². The minimum Gasteiger partial charge on any atom is -0.491 e. The molecule has 0 aliphatic heterocycles. The molecule has 0 bridgehead atoms. The summed E-state index contributed by atoms with van der Waals surface area (Å²) in [6, 6.07) is 17.2. The van der Waals surface area contributed by atoms with Gasteiger partial charge in [-0.15, -0.1) is 0 Å². The highest BCUT2D eigenvalue weighted by Crippen LogP contribution is 2.16. The Balaban J connectivity index is 1.93. The van der Waals surface area contributed by atoms with Crippen LogP contribution >= 0.6 is 12.2 Å². The van der Waals surface area contributed by atoms with E-state index in [-0.39, 0.29) is 18.1 Å². The standard InChI is InChI=1S/C21H26N2O2S/c1-4-15(3)25-18-13-11-17(12-14-18)20(24)23-21(26)22-19(5-2)16-9-7-6-8-10-16/h6-15,19H,4-5H2,1-3H3,(H2,22,23,24,26). The fourth-order valence-electron chi connectivity index (χ4n) is 2.48. The van der Waals surface area contributed by atoms with Crippen LogP contribution in [-0.4, -0.2) is 17.1 Å². The molecule has 2 atom stereocenters. The highest BCUT2D eigenvalue weighted by molar-refractivity contribution is 7.80. The number of carbonyl (C=O) groups excluding carboxylic acids is 1. The number of benzene rings is 2. The Hall–Kier alpha value is -2.40. The Morgan fingerprint density at radius 1 is 1.04 bits per heavy atom. The zero-order valence-electron chi connectivity index (χ0n) is 15.5. The van der Waals surface area contributed by atoms with Crippen LogP contribution in [0.15, 0.2) is 54.6 Å². The first-order valence-corrected chi connectivity index (χ1v) is 9.37. The number of amides is 1. The van der Waals surface area contributed by atoms with Crippen LogP contribution in [-0.2, 0) is 0 Å². The largest absolute Gasteiger partial charge is 0.491 e. The third-order valence-corrected chi connectivity index (χ3v) is 4.39. The van der Waals surface area contributed by atoms with Gasteiger partial charge in [-0.3, -0.25) is 10.1 Å². The van der Waals surface area contributed by atoms with Crippen molar-refractivity contribution >= 4 is 23.2 Å². The van der Waals surface area contributed by atoms with Crippen molar-refractivity contribution in [3.05, 3.63) is 65.7 Å². The molecular formula is C21H26N2O2S. The van der Waals surface area contributed by atoms with E-state index in [4.69, 9.17) is 17.0 Å². The first-order valence-electron chi connectivity index (χ1n) is 8.97. The quantitative estimate of drug-likeness (QED) is 0.698. The fraction of sp³-hybridized carbons (Fsp3) is 0.333. The van der Waals surface area contributed by atoms with E-state index < -0.39 is 0 Å². The maximum absolute atomic E-state index is 12.4. The zero-order valence-corrected chi connectivity index (χ0v) is 16.3. The lowest BCUT2D eigenvalue weighted by Gasteiger charge is -2.19. The molecule has 0 saturated heterocycles. The second kappa shape index (κ2) is 9.92. The van der Waals surface area contributed by atoms with Gasteiger partial charge in [-0.05, 0) is 61.8 Å². The molecule has 2 N–H and O–H groups in total. The number of hydrogen-bond donors (Lipinski definition) is 2. The average Bonchev–Trinajstić information content (AvgIpc) is 2.67. The van der Waals surface area contributed by atoms with E-state index in [2.05, 4.69) is 24.5 Å². The van der Waals surface area contributed by atoms with Gasteiger partial charge in [0.05, 0.1) is 12.1 Å². The Kier molecular flexibility index (Phi) is 7.60. The predicted molar refractivity (Wildman–Crippen MR) is 109 cm³/mol. The zero-order chi connectivity index (χ0) is 18.9. The van der Waals surface area contributed by atoms with E-state index in [0.29, 0.717) is 10.7 Å². The van der Waals surface area contributed by atoms with Crippen LogP contribution in [0.25, 0.3) is 0 Å². The van der Waals surface area contributed by atoms with Crippen LogP contribution in [0.1, 0.15) is 55.6 Å². The molecule has 0 fully saturated rings. The smallest absolute Gasteiger partial charge is 0.257 e. The topological polar surface area (TPSA) is 50.4 Å². The number of nitrogens with one attached hydrogen (secondary N) is 2. The summed E-state index contributed by atoms with van der Waals surface area (Å²) in [4.78, 5) is 12.4. The lowest BCUT2D eigenvalue weighted by molar-refractivity contribution is 0.0976. The molecule has 0 aliphatic carbocycles. The average molecular weight is 371 g/mol. The molecule has 1 amide bonds. The molecule has 4 nitrogen and oxygen atoms in total. The van der Waals surface area contributed by atoms with Crippen LogP contribution in [0.3, 0.4) is 0 Å². The van der Waals surface area contributed by atoms with Gasteiger partial charge in [-0.1, -0.05) is 44.2 Å². The summed E-state index contributed by atoms with van der Waals surface area (Å²) in [7, 11) is 0. The molecule has 2 aromatic carbocycles. The van der Waals surface area contributed by atoms with Gasteiger partial charge >= 0.3 is 0 Å². The summed E-state index contributed by atoms with van der Waals surface area (Å²) in [6.07, 6.45) is 1.94. The van der Waals surface area contributed by atoms with Gasteiger partial charge in [0.15, 0.2) is 5.11 Å². The fourth-order valence-corrected chi connectivity index (χ4v) is 2.71. The van der Waals surface area contributed by atoms with Crippen molar-refractivity contribution in [2.45, 2.75) is 45.8 Å². The van der Waals surface area contributed by atoms with Crippen LogP contribution in [0.4, 0.5) is 0 Å². The number of carbonyl (C=O) groups is 1.